The van der Waals surface area contributed by atoms with E-state index >= 15 is 0 Å². The van der Waals surface area contributed by atoms with Crippen LogP contribution in [0.1, 0.15) is 6.92 Å². The maximum Gasteiger partial charge on any atom is 0.243 e. The molecule has 15 heavy (non-hydrogen) atoms. The third kappa shape index (κ3) is 8.10. The van der Waals surface area contributed by atoms with Crippen LogP contribution in [-0.2, 0) is 23.7 Å². The van der Waals surface area contributed by atoms with Crippen LogP contribution in [0.5, 0.6) is 0 Å². The van der Waals surface area contributed by atoms with Gasteiger partial charge in [0.2, 0.25) is 6.33 Å². The summed E-state index contributed by atoms with van der Waals surface area (Å²) in [6.45, 7) is 3.09. The summed E-state index contributed by atoms with van der Waals surface area (Å²) in [4.78, 5) is 0. The Morgan fingerprint density at radius 1 is 1.53 bits per heavy atom. The molecule has 0 aromatic carbocycles. The summed E-state index contributed by atoms with van der Waals surface area (Å²) >= 11 is 0. The van der Waals surface area contributed by atoms with E-state index in [0.29, 0.717) is 0 Å². The fraction of sp³-hybridized carbons (Fsp3) is 0.625. The smallest absolute Gasteiger partial charge is 0.243 e. The summed E-state index contributed by atoms with van der Waals surface area (Å²) in [6, 6.07) is 0. The molecule has 0 fully saturated rings. The topological polar surface area (TPSA) is 92.0 Å². The van der Waals surface area contributed by atoms with Gasteiger partial charge in [-0.15, -0.1) is 0 Å². The second-order valence-corrected chi connectivity index (χ2v) is 4.48. The van der Waals surface area contributed by atoms with Gasteiger partial charge >= 0.3 is 0 Å². The maximum absolute atomic E-state index is 9.60. The first-order valence-corrected chi connectivity index (χ1v) is 6.11. The van der Waals surface area contributed by atoms with Crippen LogP contribution in [0.25, 0.3) is 0 Å². The summed E-state index contributed by atoms with van der Waals surface area (Å²) in [7, 11) is -2.03. The Hall–Kier alpha value is -0.920. The second kappa shape index (κ2) is 6.54. The monoisotopic (exact) mass is 235 g/mol. The van der Waals surface area contributed by atoms with E-state index in [4.69, 9.17) is 5.73 Å². The number of nitrogens with zero attached hydrogens (tertiary/aromatic N) is 2. The number of hydrogen-bond donors (Lipinski definition) is 1. The van der Waals surface area contributed by atoms with Gasteiger partial charge in [0, 0.05) is 6.54 Å². The number of rotatable bonds is 3. The molecule has 0 radical (unpaired) electrons. The van der Waals surface area contributed by atoms with E-state index in [0.717, 1.165) is 6.54 Å². The first kappa shape index (κ1) is 14.1. The number of hydrogen-bond acceptors (Lipinski definition) is 4. The maximum atomic E-state index is 9.60. The first-order chi connectivity index (χ1) is 6.89. The minimum Gasteiger partial charge on any atom is -0.748 e. The van der Waals surface area contributed by atoms with Crippen LogP contribution in [0, 0.1) is 0 Å². The Bertz CT molecular complexity index is 372. The van der Waals surface area contributed by atoms with Crippen LogP contribution in [0.2, 0.25) is 0 Å². The molecule has 0 saturated carbocycles. The molecule has 0 spiro atoms. The minimum absolute atomic E-state index is 0.0914. The van der Waals surface area contributed by atoms with Crippen molar-refractivity contribution in [1.82, 2.24) is 4.57 Å². The lowest BCUT2D eigenvalue weighted by Crippen LogP contribution is -2.23. The highest BCUT2D eigenvalue weighted by Gasteiger charge is 1.92. The molecule has 6 nitrogen and oxygen atoms in total. The Morgan fingerprint density at radius 3 is 2.27 bits per heavy atom. The summed E-state index contributed by atoms with van der Waals surface area (Å²) in [6.07, 6.45) is 6.14. The molecule has 7 heteroatoms. The van der Waals surface area contributed by atoms with Crippen molar-refractivity contribution in [2.75, 3.05) is 12.3 Å². The van der Waals surface area contributed by atoms with Gasteiger partial charge in [-0.05, 0) is 6.92 Å². The van der Waals surface area contributed by atoms with Crippen molar-refractivity contribution in [3.05, 3.63) is 18.7 Å². The van der Waals surface area contributed by atoms with Crippen molar-refractivity contribution in [1.29, 1.82) is 0 Å². The summed E-state index contributed by atoms with van der Waals surface area (Å²) in [5.41, 5.74) is 4.74. The van der Waals surface area contributed by atoms with Crippen molar-refractivity contribution < 1.29 is 17.5 Å². The third-order valence-electron chi connectivity index (χ3n) is 1.56. The Labute approximate surface area is 90.1 Å². The van der Waals surface area contributed by atoms with E-state index in [1.165, 1.54) is 0 Å². The fourth-order valence-electron chi connectivity index (χ4n) is 0.833. The Morgan fingerprint density at radius 2 is 2.13 bits per heavy atom. The van der Waals surface area contributed by atoms with Crippen LogP contribution in [-0.4, -0.2) is 29.8 Å². The van der Waals surface area contributed by atoms with Crippen molar-refractivity contribution in [2.24, 2.45) is 12.8 Å². The SMILES string of the molecule is CCn1cc[n+](C)c1.NCCS(=O)(=O)[O-]. The van der Waals surface area contributed by atoms with Gasteiger partial charge in [-0.2, -0.15) is 0 Å². The molecular weight excluding hydrogens is 218 g/mol. The van der Waals surface area contributed by atoms with E-state index in [2.05, 4.69) is 24.0 Å². The predicted octanol–water partition coefficient (Wildman–Crippen LogP) is -1.18. The number of nitrogens with two attached hydrogens (primary N) is 1. The average molecular weight is 235 g/mol. The van der Waals surface area contributed by atoms with E-state index in [1.807, 2.05) is 17.8 Å². The van der Waals surface area contributed by atoms with Crippen molar-refractivity contribution in [3.8, 4) is 0 Å². The van der Waals surface area contributed by atoms with Gasteiger partial charge in [-0.25, -0.2) is 17.6 Å². The molecule has 88 valence electrons. The normalized spacial score (nSPS) is 10.7. The van der Waals surface area contributed by atoms with Gasteiger partial charge in [-0.3, -0.25) is 0 Å². The van der Waals surface area contributed by atoms with Crippen LogP contribution in [0.3, 0.4) is 0 Å². The van der Waals surface area contributed by atoms with Gasteiger partial charge in [0.15, 0.2) is 0 Å². The molecule has 0 amide bonds. The van der Waals surface area contributed by atoms with Gasteiger partial charge < -0.3 is 10.3 Å². The zero-order valence-electron chi connectivity index (χ0n) is 8.96. The third-order valence-corrected chi connectivity index (χ3v) is 2.29. The van der Waals surface area contributed by atoms with E-state index in [-0.39, 0.29) is 6.54 Å². The predicted molar refractivity (Wildman–Crippen MR) is 54.9 cm³/mol. The van der Waals surface area contributed by atoms with Gasteiger partial charge in [0.1, 0.15) is 12.4 Å². The van der Waals surface area contributed by atoms with E-state index in [1.54, 1.807) is 0 Å². The molecule has 0 aliphatic carbocycles. The number of aryl methyl sites for hydroxylation is 2. The molecule has 0 atom stereocenters. The molecule has 0 aliphatic heterocycles. The lowest BCUT2D eigenvalue weighted by atomic mass is 10.7. The van der Waals surface area contributed by atoms with Crippen LogP contribution in [0.15, 0.2) is 18.7 Å². The minimum atomic E-state index is -4.05. The Balaban J connectivity index is 0.000000265. The molecule has 1 heterocycles. The molecule has 0 saturated heterocycles. The molecule has 0 unspecified atom stereocenters. The lowest BCUT2D eigenvalue weighted by Gasteiger charge is -2.00. The van der Waals surface area contributed by atoms with Gasteiger partial charge in [-0.1, -0.05) is 0 Å². The molecule has 2 N–H and O–H groups in total. The van der Waals surface area contributed by atoms with E-state index in [9.17, 15) is 13.0 Å². The van der Waals surface area contributed by atoms with Gasteiger partial charge in [0.05, 0.1) is 29.5 Å². The molecule has 1 aromatic rings. The second-order valence-electron chi connectivity index (χ2n) is 2.96. The number of imidazole rings is 1. The highest BCUT2D eigenvalue weighted by Crippen LogP contribution is 1.79. The fourth-order valence-corrected chi connectivity index (χ4v) is 1.12. The summed E-state index contributed by atoms with van der Waals surface area (Å²) < 4.78 is 32.9. The number of aromatic nitrogens is 2. The van der Waals surface area contributed by atoms with Crippen LogP contribution < -0.4 is 10.3 Å². The molecule has 0 aliphatic rings. The van der Waals surface area contributed by atoms with Crippen LogP contribution in [0.4, 0.5) is 0 Å². The molecular formula is C8H17N3O3S. The van der Waals surface area contributed by atoms with Gasteiger partial charge in [0.25, 0.3) is 0 Å². The zero-order chi connectivity index (χ0) is 11.9. The standard InChI is InChI=1S/C6H11N2.C2H7NO3S/c1-3-8-5-4-7(2)6-8;3-1-2-7(4,5)6/h4-6H,3H2,1-2H3;1-3H2,(H,4,5,6)/q+1;/p-1. The highest BCUT2D eigenvalue weighted by atomic mass is 32.2. The molecule has 0 bridgehead atoms. The van der Waals surface area contributed by atoms with Crippen LogP contribution >= 0.6 is 0 Å². The Kier molecular flexibility index (Phi) is 6.14. The highest BCUT2D eigenvalue weighted by molar-refractivity contribution is 7.85. The molecule has 1 rings (SSSR count). The summed E-state index contributed by atoms with van der Waals surface area (Å²) in [5, 5.41) is 0. The lowest BCUT2D eigenvalue weighted by molar-refractivity contribution is -0.671. The quantitative estimate of drug-likeness (QED) is 0.527. The summed E-state index contributed by atoms with van der Waals surface area (Å²) in [5.74, 6) is -0.465. The van der Waals surface area contributed by atoms with Crippen molar-refractivity contribution in [2.45, 2.75) is 13.5 Å². The zero-order valence-corrected chi connectivity index (χ0v) is 9.77. The van der Waals surface area contributed by atoms with Crippen molar-refractivity contribution in [3.63, 3.8) is 0 Å². The first-order valence-electron chi connectivity index (χ1n) is 4.53. The largest absolute Gasteiger partial charge is 0.748 e. The van der Waals surface area contributed by atoms with Crippen molar-refractivity contribution >= 4 is 10.1 Å². The van der Waals surface area contributed by atoms with E-state index < -0.39 is 15.9 Å². The molecule has 1 aromatic heterocycles. The average Bonchev–Trinajstić information content (AvgIpc) is 2.50.